The molecule has 7 rings (SSSR count). The number of nitrogens with zero attached hydrogens (tertiary/aromatic N) is 2. The summed E-state index contributed by atoms with van der Waals surface area (Å²) < 4.78 is 0. The summed E-state index contributed by atoms with van der Waals surface area (Å²) in [5.41, 5.74) is 8.30. The highest BCUT2D eigenvalue weighted by Gasteiger charge is 2.25. The molecule has 6 aromatic carbocycles. The zero-order chi connectivity index (χ0) is 28.5. The number of fused-ring (bicyclic) bond motifs is 2. The van der Waals surface area contributed by atoms with E-state index in [1.54, 1.807) is 0 Å². The van der Waals surface area contributed by atoms with Gasteiger partial charge in [-0.15, -0.1) is 0 Å². The van der Waals surface area contributed by atoms with Crippen molar-refractivity contribution in [3.05, 3.63) is 156 Å². The Labute approximate surface area is 248 Å². The molecule has 0 unspecified atom stereocenters. The van der Waals surface area contributed by atoms with Gasteiger partial charge in [-0.2, -0.15) is 0 Å². The molecular formula is C40H34N2. The van der Waals surface area contributed by atoms with Crippen molar-refractivity contribution < 1.29 is 0 Å². The number of aryl methyl sites for hydroxylation is 1. The lowest BCUT2D eigenvalue weighted by Gasteiger charge is -2.33. The molecule has 204 valence electrons. The molecule has 2 heteroatoms. The van der Waals surface area contributed by atoms with Gasteiger partial charge in [-0.1, -0.05) is 110 Å². The van der Waals surface area contributed by atoms with Gasteiger partial charge in [-0.05, 0) is 73.9 Å². The van der Waals surface area contributed by atoms with Crippen LogP contribution < -0.4 is 20.2 Å². The van der Waals surface area contributed by atoms with Gasteiger partial charge < -0.3 is 9.80 Å². The van der Waals surface area contributed by atoms with Crippen LogP contribution in [0, 0.1) is 12.8 Å². The Morgan fingerprint density at radius 2 is 0.929 bits per heavy atom. The first kappa shape index (κ1) is 25.9. The first-order chi connectivity index (χ1) is 20.7. The van der Waals surface area contributed by atoms with Gasteiger partial charge in [0, 0.05) is 44.0 Å². The zero-order valence-electron chi connectivity index (χ0n) is 24.1. The molecule has 0 N–H and O–H groups in total. The zero-order valence-corrected chi connectivity index (χ0v) is 24.1. The van der Waals surface area contributed by atoms with E-state index in [9.17, 15) is 0 Å². The van der Waals surface area contributed by atoms with Crippen molar-refractivity contribution in [2.75, 3.05) is 9.80 Å². The van der Waals surface area contributed by atoms with E-state index in [1.807, 2.05) is 0 Å². The Hall–Kier alpha value is -5.08. The normalized spacial score (nSPS) is 14.0. The van der Waals surface area contributed by atoms with Gasteiger partial charge in [-0.3, -0.25) is 0 Å². The average molecular weight is 543 g/mol. The van der Waals surface area contributed by atoms with Crippen molar-refractivity contribution >= 4 is 57.0 Å². The van der Waals surface area contributed by atoms with Crippen LogP contribution in [0.5, 0.6) is 0 Å². The minimum atomic E-state index is 0.433. The van der Waals surface area contributed by atoms with Gasteiger partial charge in [0.1, 0.15) is 0 Å². The summed E-state index contributed by atoms with van der Waals surface area (Å²) in [6.45, 7) is 4.52. The summed E-state index contributed by atoms with van der Waals surface area (Å²) in [4.78, 5) is 4.89. The molecule has 0 saturated carbocycles. The van der Waals surface area contributed by atoms with Crippen molar-refractivity contribution in [1.82, 2.24) is 0 Å². The van der Waals surface area contributed by atoms with E-state index in [2.05, 4.69) is 175 Å². The molecule has 1 atom stereocenters. The van der Waals surface area contributed by atoms with E-state index in [1.165, 1.54) is 38.1 Å². The SMILES string of the molecule is Cc1ccc2c(N(c3ccccc3)c3ccccc3)c3c(c(N(c4ccccc4)c4ccccc4)c2c1)=CC[C@@H](C)C=3. The number of hydrogen-bond acceptors (Lipinski definition) is 2. The molecule has 0 spiro atoms. The smallest absolute Gasteiger partial charge is 0.0616 e. The third kappa shape index (κ3) is 4.65. The van der Waals surface area contributed by atoms with Gasteiger partial charge in [0.2, 0.25) is 0 Å². The summed E-state index contributed by atoms with van der Waals surface area (Å²) in [5.74, 6) is 0.433. The number of para-hydroxylation sites is 4. The highest BCUT2D eigenvalue weighted by atomic mass is 15.2. The largest absolute Gasteiger partial charge is 0.309 e. The second-order valence-corrected chi connectivity index (χ2v) is 11.2. The number of benzene rings is 6. The quantitative estimate of drug-likeness (QED) is 0.193. The van der Waals surface area contributed by atoms with Crippen LogP contribution in [0.1, 0.15) is 18.9 Å². The van der Waals surface area contributed by atoms with Crippen LogP contribution in [0.4, 0.5) is 34.1 Å². The van der Waals surface area contributed by atoms with Crippen molar-refractivity contribution in [3.63, 3.8) is 0 Å². The molecule has 0 aliphatic heterocycles. The Kier molecular flexibility index (Phi) is 6.81. The Bertz CT molecular complexity index is 1890. The summed E-state index contributed by atoms with van der Waals surface area (Å²) in [6, 6.07) is 50.0. The summed E-state index contributed by atoms with van der Waals surface area (Å²) in [7, 11) is 0. The number of rotatable bonds is 6. The van der Waals surface area contributed by atoms with Gasteiger partial charge in [0.15, 0.2) is 0 Å². The monoisotopic (exact) mass is 542 g/mol. The van der Waals surface area contributed by atoms with Crippen LogP contribution in [0.3, 0.4) is 0 Å². The second kappa shape index (κ2) is 11.1. The first-order valence-electron chi connectivity index (χ1n) is 14.8. The number of hydrogen-bond donors (Lipinski definition) is 0. The molecule has 6 aromatic rings. The van der Waals surface area contributed by atoms with Crippen LogP contribution in [0.2, 0.25) is 0 Å². The van der Waals surface area contributed by atoms with Crippen molar-refractivity contribution in [2.24, 2.45) is 5.92 Å². The lowest BCUT2D eigenvalue weighted by molar-refractivity contribution is 0.800. The first-order valence-corrected chi connectivity index (χ1v) is 14.8. The predicted molar refractivity (Wildman–Crippen MR) is 180 cm³/mol. The number of anilines is 6. The minimum absolute atomic E-state index is 0.433. The highest BCUT2D eigenvalue weighted by Crippen LogP contribution is 2.42. The molecule has 0 aromatic heterocycles. The lowest BCUT2D eigenvalue weighted by atomic mass is 9.91. The van der Waals surface area contributed by atoms with Gasteiger partial charge in [-0.25, -0.2) is 0 Å². The van der Waals surface area contributed by atoms with Crippen molar-refractivity contribution in [1.29, 1.82) is 0 Å². The molecule has 0 radical (unpaired) electrons. The molecule has 1 aliphatic rings. The topological polar surface area (TPSA) is 6.48 Å². The fourth-order valence-corrected chi connectivity index (χ4v) is 6.24. The van der Waals surface area contributed by atoms with Crippen LogP contribution in [0.15, 0.2) is 140 Å². The van der Waals surface area contributed by atoms with Gasteiger partial charge in [0.25, 0.3) is 0 Å². The lowest BCUT2D eigenvalue weighted by Crippen LogP contribution is -2.37. The Balaban J connectivity index is 1.66. The third-order valence-electron chi connectivity index (χ3n) is 8.14. The molecule has 2 nitrogen and oxygen atoms in total. The maximum Gasteiger partial charge on any atom is 0.0616 e. The Morgan fingerprint density at radius 3 is 1.38 bits per heavy atom. The molecule has 0 bridgehead atoms. The molecule has 0 heterocycles. The summed E-state index contributed by atoms with van der Waals surface area (Å²) >= 11 is 0. The van der Waals surface area contributed by atoms with E-state index in [-0.39, 0.29) is 0 Å². The van der Waals surface area contributed by atoms with Crippen molar-refractivity contribution in [2.45, 2.75) is 20.3 Å². The average Bonchev–Trinajstić information content (AvgIpc) is 3.04. The van der Waals surface area contributed by atoms with Crippen LogP contribution in [-0.2, 0) is 0 Å². The highest BCUT2D eigenvalue weighted by molar-refractivity contribution is 6.08. The fourth-order valence-electron chi connectivity index (χ4n) is 6.24. The second-order valence-electron chi connectivity index (χ2n) is 11.2. The maximum absolute atomic E-state index is 2.49. The van der Waals surface area contributed by atoms with E-state index in [0.29, 0.717) is 5.92 Å². The molecular weight excluding hydrogens is 508 g/mol. The third-order valence-corrected chi connectivity index (χ3v) is 8.14. The van der Waals surface area contributed by atoms with Crippen molar-refractivity contribution in [3.8, 4) is 0 Å². The summed E-state index contributed by atoms with van der Waals surface area (Å²) in [5, 5.41) is 5.04. The van der Waals surface area contributed by atoms with Crippen LogP contribution in [-0.4, -0.2) is 0 Å². The maximum atomic E-state index is 2.49. The minimum Gasteiger partial charge on any atom is -0.309 e. The van der Waals surface area contributed by atoms with E-state index < -0.39 is 0 Å². The molecule has 0 saturated heterocycles. The molecule has 1 aliphatic carbocycles. The molecule has 0 fully saturated rings. The van der Waals surface area contributed by atoms with E-state index >= 15 is 0 Å². The summed E-state index contributed by atoms with van der Waals surface area (Å²) in [6.07, 6.45) is 5.96. The molecule has 42 heavy (non-hydrogen) atoms. The van der Waals surface area contributed by atoms with E-state index in [4.69, 9.17) is 0 Å². The standard InChI is InChI=1S/C40H34N2/c1-29-23-25-35-37(27-29)39(41(31-15-7-3-8-16-31)32-17-9-4-10-18-32)36-26-24-30(2)28-38(36)40(35)42(33-19-11-5-12-20-33)34-21-13-6-14-22-34/h3-23,25-28,30H,24H2,1-2H3/t30-/m1/s1. The van der Waals surface area contributed by atoms with Crippen LogP contribution in [0.25, 0.3) is 22.9 Å². The van der Waals surface area contributed by atoms with E-state index in [0.717, 1.165) is 29.2 Å². The van der Waals surface area contributed by atoms with Crippen LogP contribution >= 0.6 is 0 Å². The predicted octanol–water partition coefficient (Wildman–Crippen LogP) is 9.69. The fraction of sp³-hybridized carbons (Fsp3) is 0.100. The van der Waals surface area contributed by atoms with Gasteiger partial charge in [0.05, 0.1) is 11.4 Å². The molecule has 0 amide bonds. The van der Waals surface area contributed by atoms with Gasteiger partial charge >= 0.3 is 0 Å². The Morgan fingerprint density at radius 1 is 0.500 bits per heavy atom.